The van der Waals surface area contributed by atoms with Gasteiger partial charge in [-0.15, -0.1) is 0 Å². The number of nitrogens with two attached hydrogens (primary N) is 2. The molecule has 1 aliphatic heterocycles. The van der Waals surface area contributed by atoms with Crippen LogP contribution in [0.15, 0.2) is 11.8 Å². The third-order valence-corrected chi connectivity index (χ3v) is 5.14. The summed E-state index contributed by atoms with van der Waals surface area (Å²) in [6, 6.07) is -2.43. The Morgan fingerprint density at radius 1 is 1.15 bits per heavy atom. The maximum atomic E-state index is 12.7. The van der Waals surface area contributed by atoms with Crippen LogP contribution in [0, 0.1) is 11.8 Å². The number of amides is 1. The molecule has 190 valence electrons. The summed E-state index contributed by atoms with van der Waals surface area (Å²) in [7, 11) is 0. The minimum atomic E-state index is -1.69. The van der Waals surface area contributed by atoms with Gasteiger partial charge in [0, 0.05) is 18.9 Å². The second-order valence-electron chi connectivity index (χ2n) is 8.78. The van der Waals surface area contributed by atoms with Crippen molar-refractivity contribution in [2.24, 2.45) is 23.3 Å². The van der Waals surface area contributed by atoms with Crippen molar-refractivity contribution < 1.29 is 43.9 Å². The molecule has 33 heavy (non-hydrogen) atoms. The quantitative estimate of drug-likeness (QED) is 0.146. The Morgan fingerprint density at radius 3 is 2.24 bits per heavy atom. The summed E-state index contributed by atoms with van der Waals surface area (Å²) in [5.74, 6) is -2.91. The number of nitrogens with one attached hydrogen (secondary N) is 1. The number of aliphatic hydroxyl groups excluding tert-OH is 3. The van der Waals surface area contributed by atoms with Crippen molar-refractivity contribution in [3.63, 3.8) is 0 Å². The van der Waals surface area contributed by atoms with Gasteiger partial charge in [0.15, 0.2) is 0 Å². The number of esters is 2. The molecule has 1 heterocycles. The molecule has 0 aliphatic carbocycles. The lowest BCUT2D eigenvalue weighted by Gasteiger charge is -2.39. The van der Waals surface area contributed by atoms with Crippen LogP contribution < -0.4 is 16.8 Å². The number of hydrogen-bond acceptors (Lipinski definition) is 11. The zero-order valence-electron chi connectivity index (χ0n) is 19.6. The van der Waals surface area contributed by atoms with E-state index in [1.807, 2.05) is 13.8 Å². The van der Waals surface area contributed by atoms with E-state index in [1.54, 1.807) is 13.8 Å². The largest absolute Gasteiger partial charge is 0.478 e. The smallest absolute Gasteiger partial charge is 0.376 e. The van der Waals surface area contributed by atoms with Crippen molar-refractivity contribution in [1.82, 2.24) is 5.32 Å². The Balaban J connectivity index is 3.01. The van der Waals surface area contributed by atoms with Crippen LogP contribution in [-0.4, -0.2) is 82.5 Å². The van der Waals surface area contributed by atoms with Crippen LogP contribution in [0.25, 0.3) is 0 Å². The van der Waals surface area contributed by atoms with Gasteiger partial charge in [-0.25, -0.2) is 4.79 Å². The van der Waals surface area contributed by atoms with E-state index >= 15 is 0 Å². The Kier molecular flexibility index (Phi) is 11.2. The third kappa shape index (κ3) is 8.55. The van der Waals surface area contributed by atoms with Gasteiger partial charge in [0.2, 0.25) is 18.0 Å². The highest BCUT2D eigenvalue weighted by Gasteiger charge is 2.43. The minimum Gasteiger partial charge on any atom is -0.478 e. The molecule has 1 aliphatic rings. The highest BCUT2D eigenvalue weighted by Crippen LogP contribution is 2.24. The molecule has 0 spiro atoms. The molecule has 12 heteroatoms. The van der Waals surface area contributed by atoms with E-state index < -0.39 is 78.9 Å². The van der Waals surface area contributed by atoms with Crippen molar-refractivity contribution in [2.75, 3.05) is 6.61 Å². The summed E-state index contributed by atoms with van der Waals surface area (Å²) in [6.45, 7) is 7.50. The molecule has 12 nitrogen and oxygen atoms in total. The van der Waals surface area contributed by atoms with Gasteiger partial charge in [0.25, 0.3) is 0 Å². The van der Waals surface area contributed by atoms with Crippen LogP contribution in [0.3, 0.4) is 0 Å². The Bertz CT molecular complexity index is 713. The number of rotatable bonds is 11. The maximum absolute atomic E-state index is 12.7. The van der Waals surface area contributed by atoms with Gasteiger partial charge in [-0.3, -0.25) is 9.59 Å². The van der Waals surface area contributed by atoms with E-state index in [9.17, 15) is 24.6 Å². The van der Waals surface area contributed by atoms with Crippen LogP contribution in [-0.2, 0) is 28.6 Å². The van der Waals surface area contributed by atoms with Crippen molar-refractivity contribution in [2.45, 2.75) is 83.8 Å². The molecule has 8 N–H and O–H groups in total. The summed E-state index contributed by atoms with van der Waals surface area (Å²) >= 11 is 0. The van der Waals surface area contributed by atoms with Gasteiger partial charge in [-0.05, 0) is 12.0 Å². The molecule has 0 radical (unpaired) electrons. The fraction of sp³-hybridized carbons (Fsp3) is 0.762. The summed E-state index contributed by atoms with van der Waals surface area (Å²) in [5, 5.41) is 31.8. The standard InChI is InChI=1S/C21H37N3O9/c1-9(2)12(22)7-16(28)32-21(10(3)4)33-20(30)15-6-13(23)17(24-11(5)26)19(31-15)18(29)14(27)8-25/h6,9-10,12-14,17-19,21,25,27,29H,7-8,22-23H2,1-5H3,(H,24,26)/t12-,13+,14-,17-,18+,19-,21?/m1/s1. The van der Waals surface area contributed by atoms with Gasteiger partial charge in [-0.2, -0.15) is 0 Å². The first-order valence-corrected chi connectivity index (χ1v) is 10.8. The van der Waals surface area contributed by atoms with Crippen LogP contribution in [0.5, 0.6) is 0 Å². The monoisotopic (exact) mass is 475 g/mol. The number of hydrogen-bond donors (Lipinski definition) is 6. The molecule has 0 aromatic heterocycles. The first kappa shape index (κ1) is 28.8. The average Bonchev–Trinajstić information content (AvgIpc) is 2.72. The summed E-state index contributed by atoms with van der Waals surface area (Å²) in [6.07, 6.45) is -4.80. The average molecular weight is 476 g/mol. The number of carbonyl (C=O) groups excluding carboxylic acids is 3. The highest BCUT2D eigenvalue weighted by molar-refractivity contribution is 5.87. The van der Waals surface area contributed by atoms with Gasteiger partial charge >= 0.3 is 11.9 Å². The lowest BCUT2D eigenvalue weighted by molar-refractivity contribution is -0.197. The van der Waals surface area contributed by atoms with Crippen LogP contribution in [0.4, 0.5) is 0 Å². The van der Waals surface area contributed by atoms with E-state index in [4.69, 9.17) is 30.8 Å². The number of aliphatic hydroxyl groups is 3. The minimum absolute atomic E-state index is 0.0501. The van der Waals surface area contributed by atoms with Gasteiger partial charge < -0.3 is 46.3 Å². The molecule has 0 bridgehead atoms. The van der Waals surface area contributed by atoms with E-state index in [1.165, 1.54) is 13.0 Å². The van der Waals surface area contributed by atoms with Crippen molar-refractivity contribution >= 4 is 17.8 Å². The normalized spacial score (nSPS) is 24.2. The highest BCUT2D eigenvalue weighted by atomic mass is 16.7. The van der Waals surface area contributed by atoms with Gasteiger partial charge in [0.05, 0.1) is 25.1 Å². The molecule has 0 aromatic carbocycles. The maximum Gasteiger partial charge on any atom is 0.376 e. The Morgan fingerprint density at radius 2 is 1.76 bits per heavy atom. The molecular weight excluding hydrogens is 438 g/mol. The zero-order valence-corrected chi connectivity index (χ0v) is 19.6. The number of ether oxygens (including phenoxy) is 3. The molecule has 0 saturated carbocycles. The molecular formula is C21H37N3O9. The van der Waals surface area contributed by atoms with E-state index in [0.717, 1.165) is 0 Å². The Labute approximate surface area is 193 Å². The first-order chi connectivity index (χ1) is 15.3. The van der Waals surface area contributed by atoms with E-state index in [-0.39, 0.29) is 12.3 Å². The summed E-state index contributed by atoms with van der Waals surface area (Å²) < 4.78 is 16.1. The van der Waals surface area contributed by atoms with E-state index in [0.29, 0.717) is 0 Å². The summed E-state index contributed by atoms with van der Waals surface area (Å²) in [4.78, 5) is 36.5. The second-order valence-corrected chi connectivity index (χ2v) is 8.78. The Hall–Kier alpha value is -2.25. The fourth-order valence-electron chi connectivity index (χ4n) is 2.96. The van der Waals surface area contributed by atoms with Crippen molar-refractivity contribution in [1.29, 1.82) is 0 Å². The molecule has 0 aromatic rings. The third-order valence-electron chi connectivity index (χ3n) is 5.14. The van der Waals surface area contributed by atoms with Crippen molar-refractivity contribution in [3.8, 4) is 0 Å². The molecule has 0 fully saturated rings. The molecule has 1 rings (SSSR count). The van der Waals surface area contributed by atoms with Crippen LogP contribution >= 0.6 is 0 Å². The molecule has 1 amide bonds. The number of carbonyl (C=O) groups is 3. The molecule has 7 atom stereocenters. The van der Waals surface area contributed by atoms with Crippen LogP contribution in [0.2, 0.25) is 0 Å². The van der Waals surface area contributed by atoms with Crippen molar-refractivity contribution in [3.05, 3.63) is 11.8 Å². The van der Waals surface area contributed by atoms with Gasteiger partial charge in [-0.1, -0.05) is 27.7 Å². The molecule has 0 saturated heterocycles. The molecule has 1 unspecified atom stereocenters. The van der Waals surface area contributed by atoms with Gasteiger partial charge in [0.1, 0.15) is 18.3 Å². The van der Waals surface area contributed by atoms with Crippen LogP contribution in [0.1, 0.15) is 41.0 Å². The predicted molar refractivity (Wildman–Crippen MR) is 116 cm³/mol. The topological polar surface area (TPSA) is 204 Å². The lowest BCUT2D eigenvalue weighted by Crippen LogP contribution is -2.62. The second kappa shape index (κ2) is 12.8. The SMILES string of the molecule is CC(=O)N[C@H]1[C@H]([C@@H](O)[C@H](O)CO)OC(C(=O)OC(OC(=O)C[C@@H](N)C(C)C)C(C)C)=C[C@@H]1N. The predicted octanol–water partition coefficient (Wildman–Crippen LogP) is -1.74. The fourth-order valence-corrected chi connectivity index (χ4v) is 2.96. The lowest BCUT2D eigenvalue weighted by atomic mass is 9.92. The summed E-state index contributed by atoms with van der Waals surface area (Å²) in [5.41, 5.74) is 11.9. The van der Waals surface area contributed by atoms with E-state index in [2.05, 4.69) is 5.32 Å². The zero-order chi connectivity index (χ0) is 25.5. The first-order valence-electron chi connectivity index (χ1n) is 10.8.